The number of nitrogens with zero attached hydrogens (tertiary/aromatic N) is 6. The van der Waals surface area contributed by atoms with Gasteiger partial charge in [-0.1, -0.05) is 13.8 Å². The van der Waals surface area contributed by atoms with E-state index in [1.807, 2.05) is 13.8 Å². The number of aromatic nitrogens is 6. The van der Waals surface area contributed by atoms with Crippen LogP contribution in [0.15, 0.2) is 123 Å². The highest BCUT2D eigenvalue weighted by molar-refractivity contribution is 6.07. The Morgan fingerprint density at radius 2 is 1.00 bits per heavy atom. The van der Waals surface area contributed by atoms with Crippen molar-refractivity contribution in [2.24, 2.45) is 5.92 Å². The second-order valence-corrected chi connectivity index (χ2v) is 11.5. The Hall–Kier alpha value is -6.29. The predicted molar refractivity (Wildman–Crippen MR) is 177 cm³/mol. The Balaban J connectivity index is 0.000000206. The molecule has 1 atom stereocenters. The molecule has 1 unspecified atom stereocenters. The molecule has 6 aromatic rings. The number of carbonyl (C=O) groups excluding carboxylic acids is 1. The van der Waals surface area contributed by atoms with Crippen LogP contribution in [0.5, 0.6) is 23.0 Å². The number of carbonyl (C=O) groups is 1. The van der Waals surface area contributed by atoms with Crippen molar-refractivity contribution in [2.45, 2.75) is 31.8 Å². The Labute approximate surface area is 298 Å². The third-order valence-corrected chi connectivity index (χ3v) is 7.59. The van der Waals surface area contributed by atoms with Crippen LogP contribution in [0.3, 0.4) is 0 Å². The maximum absolute atomic E-state index is 12.6. The maximum Gasteiger partial charge on any atom is 0.416 e. The summed E-state index contributed by atoms with van der Waals surface area (Å²) < 4.78 is 86.4. The van der Waals surface area contributed by atoms with Crippen LogP contribution in [0.25, 0.3) is 0 Å². The number of ether oxygens (including phenoxy) is 2. The topological polar surface area (TPSA) is 133 Å². The molecule has 6 rings (SSSR count). The van der Waals surface area contributed by atoms with Crippen LogP contribution in [-0.2, 0) is 18.0 Å². The van der Waals surface area contributed by atoms with Crippen molar-refractivity contribution in [3.8, 4) is 23.0 Å². The molecule has 0 saturated heterocycles. The van der Waals surface area contributed by atoms with E-state index in [0.717, 1.165) is 24.3 Å². The minimum Gasteiger partial charge on any atom is -0.456 e. The minimum atomic E-state index is -4.40. The molecule has 0 aliphatic heterocycles. The Bertz CT molecular complexity index is 2090. The van der Waals surface area contributed by atoms with Crippen LogP contribution < -0.4 is 9.47 Å². The average Bonchev–Trinajstić information content (AvgIpc) is 3.15. The first-order valence-corrected chi connectivity index (χ1v) is 15.5. The third kappa shape index (κ3) is 9.53. The fraction of sp³-hybridized carbons (Fsp3) is 0.162. The van der Waals surface area contributed by atoms with Gasteiger partial charge in [-0.2, -0.15) is 26.3 Å². The van der Waals surface area contributed by atoms with Gasteiger partial charge in [0.1, 0.15) is 46.9 Å². The van der Waals surface area contributed by atoms with Gasteiger partial charge in [-0.25, -0.2) is 24.9 Å². The summed E-state index contributed by atoms with van der Waals surface area (Å²) in [7, 11) is 0. The summed E-state index contributed by atoms with van der Waals surface area (Å²) in [5.74, 6) is 0.539. The van der Waals surface area contributed by atoms with Crippen molar-refractivity contribution < 1.29 is 45.7 Å². The largest absolute Gasteiger partial charge is 0.456 e. The van der Waals surface area contributed by atoms with Gasteiger partial charge in [0, 0.05) is 30.4 Å². The molecule has 0 aliphatic carbocycles. The third-order valence-electron chi connectivity index (χ3n) is 7.59. The Kier molecular flexibility index (Phi) is 11.4. The van der Waals surface area contributed by atoms with E-state index in [9.17, 15) is 36.2 Å². The lowest BCUT2D eigenvalue weighted by atomic mass is 9.81. The summed E-state index contributed by atoms with van der Waals surface area (Å²) in [5, 5.41) is 11.2. The molecule has 0 bridgehead atoms. The monoisotopic (exact) mass is 734 g/mol. The van der Waals surface area contributed by atoms with Crippen LogP contribution in [-0.4, -0.2) is 40.8 Å². The standard InChI is InChI=1S/C20H18F3N3O2.C17H10F3N3O2/c1-13(2)19(27,15-9-24-12-25-10-15)18-8-7-17(11-26-18)28-16-5-3-14(4-6-16)20(21,22)23;18-17(19,20)12-1-3-13(4-2-12)25-14-5-6-15(23-9-14)16(24)11-7-21-10-22-8-11/h3-13,27H,1-2H3;1-10H. The second kappa shape index (κ2) is 15.9. The quantitative estimate of drug-likeness (QED) is 0.114. The molecule has 4 heterocycles. The first-order valence-electron chi connectivity index (χ1n) is 15.5. The van der Waals surface area contributed by atoms with Crippen molar-refractivity contribution in [3.63, 3.8) is 0 Å². The van der Waals surface area contributed by atoms with E-state index >= 15 is 0 Å². The van der Waals surface area contributed by atoms with Gasteiger partial charge in [0.15, 0.2) is 0 Å². The zero-order valence-corrected chi connectivity index (χ0v) is 27.7. The lowest BCUT2D eigenvalue weighted by molar-refractivity contribution is -0.138. The van der Waals surface area contributed by atoms with Gasteiger partial charge >= 0.3 is 12.4 Å². The van der Waals surface area contributed by atoms with Gasteiger partial charge in [0.05, 0.1) is 34.8 Å². The number of aliphatic hydroxyl groups is 1. The number of benzene rings is 2. The van der Waals surface area contributed by atoms with Gasteiger partial charge in [-0.05, 0) is 78.7 Å². The molecule has 0 aliphatic rings. The highest BCUT2D eigenvalue weighted by Crippen LogP contribution is 2.36. The van der Waals surface area contributed by atoms with E-state index in [1.54, 1.807) is 12.1 Å². The number of pyridine rings is 2. The summed E-state index contributed by atoms with van der Waals surface area (Å²) in [6, 6.07) is 14.8. The Morgan fingerprint density at radius 3 is 1.40 bits per heavy atom. The number of alkyl halides is 6. The number of hydrogen-bond donors (Lipinski definition) is 1. The zero-order chi connectivity index (χ0) is 38.2. The summed E-state index contributed by atoms with van der Waals surface area (Å²) in [6.07, 6.45) is 2.42. The normalized spacial score (nSPS) is 12.6. The molecule has 2 aromatic carbocycles. The molecule has 16 heteroatoms. The van der Waals surface area contributed by atoms with Gasteiger partial charge < -0.3 is 14.6 Å². The predicted octanol–water partition coefficient (Wildman–Crippen LogP) is 8.49. The number of rotatable bonds is 9. The smallest absolute Gasteiger partial charge is 0.416 e. The van der Waals surface area contributed by atoms with E-state index < -0.39 is 29.1 Å². The van der Waals surface area contributed by atoms with Crippen molar-refractivity contribution >= 4 is 5.78 Å². The first kappa shape index (κ1) is 38.0. The molecular formula is C37H28F6N6O4. The molecule has 0 amide bonds. The van der Waals surface area contributed by atoms with Gasteiger partial charge in [0.25, 0.3) is 0 Å². The lowest BCUT2D eigenvalue weighted by Crippen LogP contribution is -2.34. The summed E-state index contributed by atoms with van der Waals surface area (Å²) in [6.45, 7) is 3.70. The summed E-state index contributed by atoms with van der Waals surface area (Å²) in [5.41, 5.74) is -1.54. The molecule has 1 N–H and O–H groups in total. The maximum atomic E-state index is 12.6. The minimum absolute atomic E-state index is 0.176. The number of hydrogen-bond acceptors (Lipinski definition) is 10. The number of halogens is 6. The highest BCUT2D eigenvalue weighted by Gasteiger charge is 2.37. The molecule has 4 aromatic heterocycles. The van der Waals surface area contributed by atoms with Crippen molar-refractivity contribution in [2.75, 3.05) is 0 Å². The molecule has 0 radical (unpaired) electrons. The van der Waals surface area contributed by atoms with Crippen LogP contribution >= 0.6 is 0 Å². The molecule has 0 fully saturated rings. The number of ketones is 1. The summed E-state index contributed by atoms with van der Waals surface area (Å²) >= 11 is 0. The highest BCUT2D eigenvalue weighted by atomic mass is 19.4. The average molecular weight is 735 g/mol. The van der Waals surface area contributed by atoms with Crippen LogP contribution in [0.2, 0.25) is 0 Å². The van der Waals surface area contributed by atoms with Crippen molar-refractivity contribution in [1.29, 1.82) is 0 Å². The van der Waals surface area contributed by atoms with Crippen LogP contribution in [0.4, 0.5) is 26.3 Å². The molecule has 53 heavy (non-hydrogen) atoms. The van der Waals surface area contributed by atoms with Crippen LogP contribution in [0, 0.1) is 5.92 Å². The van der Waals surface area contributed by atoms with E-state index in [-0.39, 0.29) is 28.9 Å². The second-order valence-electron chi connectivity index (χ2n) is 11.5. The molecule has 272 valence electrons. The van der Waals surface area contributed by atoms with E-state index in [0.29, 0.717) is 28.3 Å². The Morgan fingerprint density at radius 1 is 0.566 bits per heavy atom. The first-order chi connectivity index (χ1) is 25.1. The van der Waals surface area contributed by atoms with Crippen LogP contribution in [0.1, 0.15) is 52.3 Å². The molecule has 0 spiro atoms. The van der Waals surface area contributed by atoms with Gasteiger partial charge in [-0.15, -0.1) is 0 Å². The molecule has 0 saturated carbocycles. The zero-order valence-electron chi connectivity index (χ0n) is 27.7. The SMILES string of the molecule is CC(C)C(O)(c1cncnc1)c1ccc(Oc2ccc(C(F)(F)F)cc2)cn1.O=C(c1cncnc1)c1ccc(Oc2ccc(C(F)(F)F)cc2)cn1. The van der Waals surface area contributed by atoms with Crippen molar-refractivity contribution in [1.82, 2.24) is 29.9 Å². The van der Waals surface area contributed by atoms with Gasteiger partial charge in [-0.3, -0.25) is 9.78 Å². The summed E-state index contributed by atoms with van der Waals surface area (Å²) in [4.78, 5) is 35.9. The van der Waals surface area contributed by atoms with E-state index in [4.69, 9.17) is 9.47 Å². The van der Waals surface area contributed by atoms with E-state index in [2.05, 4.69) is 29.9 Å². The lowest BCUT2D eigenvalue weighted by Gasteiger charge is -2.31. The fourth-order valence-electron chi connectivity index (χ4n) is 4.77. The molecule has 10 nitrogen and oxygen atoms in total. The fourth-order valence-corrected chi connectivity index (χ4v) is 4.77. The van der Waals surface area contributed by atoms with Gasteiger partial charge in [0.2, 0.25) is 5.78 Å². The molecular weight excluding hydrogens is 706 g/mol. The van der Waals surface area contributed by atoms with Crippen molar-refractivity contribution in [3.05, 3.63) is 156 Å². The van der Waals surface area contributed by atoms with E-state index in [1.165, 1.54) is 86.2 Å².